The van der Waals surface area contributed by atoms with Crippen molar-refractivity contribution >= 4 is 12.0 Å². The van der Waals surface area contributed by atoms with Crippen molar-refractivity contribution in [2.45, 2.75) is 30.9 Å². The van der Waals surface area contributed by atoms with Gasteiger partial charge in [-0.25, -0.2) is 17.9 Å². The number of nitrogens with zero attached hydrogens (tertiary/aromatic N) is 4. The Labute approximate surface area is 197 Å². The van der Waals surface area contributed by atoms with E-state index < -0.39 is 34.9 Å². The number of aliphatic hydroxyl groups is 1. The van der Waals surface area contributed by atoms with Crippen molar-refractivity contribution < 1.29 is 31.9 Å². The van der Waals surface area contributed by atoms with Gasteiger partial charge in [0.25, 0.3) is 5.91 Å². The van der Waals surface area contributed by atoms with Gasteiger partial charge in [-0.05, 0) is 30.5 Å². The number of amides is 1. The van der Waals surface area contributed by atoms with E-state index in [2.05, 4.69) is 10.3 Å². The zero-order valence-corrected chi connectivity index (χ0v) is 18.3. The summed E-state index contributed by atoms with van der Waals surface area (Å²) in [6.45, 7) is -0.329. The number of hydrogen-bond acceptors (Lipinski definition) is 4. The van der Waals surface area contributed by atoms with Crippen LogP contribution < -0.4 is 0 Å². The summed E-state index contributed by atoms with van der Waals surface area (Å²) in [7, 11) is 0. The molecule has 4 rings (SSSR count). The molecular formula is C24H21F5N4O2. The summed E-state index contributed by atoms with van der Waals surface area (Å²) in [5, 5.41) is 18.4. The lowest BCUT2D eigenvalue weighted by molar-refractivity contribution is -0.155. The summed E-state index contributed by atoms with van der Waals surface area (Å²) in [5.74, 6) is -8.68. The molecule has 2 heterocycles. The molecule has 3 aromatic rings. The van der Waals surface area contributed by atoms with Gasteiger partial charge in [-0.2, -0.15) is 8.78 Å². The first-order chi connectivity index (χ1) is 16.6. The Hall–Kier alpha value is -3.60. The molecule has 0 atom stereocenters. The molecule has 1 aliphatic heterocycles. The van der Waals surface area contributed by atoms with Gasteiger partial charge in [-0.3, -0.25) is 4.79 Å². The summed E-state index contributed by atoms with van der Waals surface area (Å²) in [6.07, 6.45) is 2.97. The van der Waals surface area contributed by atoms with Crippen molar-refractivity contribution in [2.75, 3.05) is 13.1 Å². The Morgan fingerprint density at radius 2 is 1.71 bits per heavy atom. The third-order valence-electron chi connectivity index (χ3n) is 5.83. The van der Waals surface area contributed by atoms with Crippen molar-refractivity contribution in [3.63, 3.8) is 0 Å². The van der Waals surface area contributed by atoms with E-state index in [1.807, 2.05) is 0 Å². The second kappa shape index (κ2) is 9.57. The average Bonchev–Trinajstić information content (AvgIpc) is 3.28. The summed E-state index contributed by atoms with van der Waals surface area (Å²) in [4.78, 5) is 13.4. The minimum atomic E-state index is -3.71. The number of rotatable bonds is 6. The van der Waals surface area contributed by atoms with E-state index in [1.54, 1.807) is 30.3 Å². The van der Waals surface area contributed by atoms with Crippen molar-refractivity contribution in [1.82, 2.24) is 19.9 Å². The Kier molecular flexibility index (Phi) is 6.70. The molecule has 6 nitrogen and oxygen atoms in total. The molecule has 0 saturated carbocycles. The van der Waals surface area contributed by atoms with E-state index in [4.69, 9.17) is 0 Å². The minimum absolute atomic E-state index is 0.00799. The standard InChI is InChI=1S/C24H21F5N4O2/c25-18-13-20(27)19(26)12-17(18)21-14-33(31-30-21)15-23(35)8-10-32(11-9-23)22(34)24(28,29)7-6-16-4-2-1-3-5-16/h1-7,12-14,35H,8-11,15H2/b7-6+. The normalized spacial score (nSPS) is 16.1. The Morgan fingerprint density at radius 1 is 1.06 bits per heavy atom. The van der Waals surface area contributed by atoms with Crippen LogP contribution in [0, 0.1) is 17.5 Å². The molecule has 11 heteroatoms. The fourth-order valence-corrected chi connectivity index (χ4v) is 3.85. The van der Waals surface area contributed by atoms with E-state index in [1.165, 1.54) is 17.0 Å². The predicted molar refractivity (Wildman–Crippen MR) is 117 cm³/mol. The van der Waals surface area contributed by atoms with E-state index >= 15 is 0 Å². The van der Waals surface area contributed by atoms with Gasteiger partial charge >= 0.3 is 5.92 Å². The smallest absolute Gasteiger partial charge is 0.343 e. The van der Waals surface area contributed by atoms with Gasteiger partial charge in [0.05, 0.1) is 18.3 Å². The number of halogens is 5. The van der Waals surface area contributed by atoms with Gasteiger partial charge < -0.3 is 10.0 Å². The molecule has 0 bridgehead atoms. The zero-order chi connectivity index (χ0) is 25.2. The van der Waals surface area contributed by atoms with Crippen LogP contribution in [0.1, 0.15) is 18.4 Å². The first-order valence-electron chi connectivity index (χ1n) is 10.8. The van der Waals surface area contributed by atoms with Crippen LogP contribution in [0.4, 0.5) is 22.0 Å². The van der Waals surface area contributed by atoms with E-state index in [9.17, 15) is 31.9 Å². The van der Waals surface area contributed by atoms with Crippen molar-refractivity contribution in [3.05, 3.63) is 77.8 Å². The number of hydrogen-bond donors (Lipinski definition) is 1. The molecule has 1 aromatic heterocycles. The molecule has 1 N–H and O–H groups in total. The Morgan fingerprint density at radius 3 is 2.40 bits per heavy atom. The molecular weight excluding hydrogens is 471 g/mol. The first kappa shape index (κ1) is 24.5. The van der Waals surface area contributed by atoms with Crippen LogP contribution in [0.3, 0.4) is 0 Å². The van der Waals surface area contributed by atoms with Crippen LogP contribution in [0.25, 0.3) is 17.3 Å². The van der Waals surface area contributed by atoms with Crippen LogP contribution in [-0.4, -0.2) is 55.5 Å². The van der Waals surface area contributed by atoms with Gasteiger partial charge in [0.15, 0.2) is 11.6 Å². The van der Waals surface area contributed by atoms with Crippen LogP contribution in [0.5, 0.6) is 0 Å². The van der Waals surface area contributed by atoms with Gasteiger partial charge in [-0.15, -0.1) is 5.10 Å². The number of likely N-dealkylation sites (tertiary alicyclic amines) is 1. The minimum Gasteiger partial charge on any atom is -0.388 e. The lowest BCUT2D eigenvalue weighted by Gasteiger charge is -2.38. The third-order valence-corrected chi connectivity index (χ3v) is 5.83. The molecule has 0 aliphatic carbocycles. The largest absolute Gasteiger partial charge is 0.388 e. The summed E-state index contributed by atoms with van der Waals surface area (Å²) in [5.41, 5.74) is -1.22. The van der Waals surface area contributed by atoms with E-state index in [-0.39, 0.29) is 43.7 Å². The van der Waals surface area contributed by atoms with Crippen molar-refractivity contribution in [1.29, 1.82) is 0 Å². The number of aromatic nitrogens is 3. The van der Waals surface area contributed by atoms with Gasteiger partial charge in [-0.1, -0.05) is 41.6 Å². The fourth-order valence-electron chi connectivity index (χ4n) is 3.85. The second-order valence-corrected chi connectivity index (χ2v) is 8.43. The predicted octanol–water partition coefficient (Wildman–Crippen LogP) is 4.06. The summed E-state index contributed by atoms with van der Waals surface area (Å²) in [6, 6.07) is 9.45. The fraction of sp³-hybridized carbons (Fsp3) is 0.292. The Balaban J connectivity index is 1.38. The SMILES string of the molecule is O=C(N1CCC(O)(Cn2cc(-c3cc(F)c(F)cc3F)nn2)CC1)C(F)(F)/C=C/c1ccccc1. The highest BCUT2D eigenvalue weighted by Crippen LogP contribution is 2.29. The lowest BCUT2D eigenvalue weighted by Crippen LogP contribution is -2.52. The maximum Gasteiger partial charge on any atom is 0.343 e. The highest BCUT2D eigenvalue weighted by Gasteiger charge is 2.43. The first-order valence-corrected chi connectivity index (χ1v) is 10.8. The molecule has 0 unspecified atom stereocenters. The van der Waals surface area contributed by atoms with Crippen LogP contribution in [-0.2, 0) is 11.3 Å². The Bertz CT molecular complexity index is 1240. The average molecular weight is 492 g/mol. The highest BCUT2D eigenvalue weighted by molar-refractivity contribution is 5.86. The molecule has 2 aromatic carbocycles. The van der Waals surface area contributed by atoms with Crippen LogP contribution in [0.15, 0.2) is 54.7 Å². The van der Waals surface area contributed by atoms with Crippen molar-refractivity contribution in [2.24, 2.45) is 0 Å². The van der Waals surface area contributed by atoms with E-state index in [0.29, 0.717) is 23.8 Å². The molecule has 1 aliphatic rings. The second-order valence-electron chi connectivity index (χ2n) is 8.43. The number of benzene rings is 2. The lowest BCUT2D eigenvalue weighted by atomic mass is 9.91. The third kappa shape index (κ3) is 5.56. The zero-order valence-electron chi connectivity index (χ0n) is 18.3. The summed E-state index contributed by atoms with van der Waals surface area (Å²) < 4.78 is 70.7. The van der Waals surface area contributed by atoms with Gasteiger partial charge in [0.2, 0.25) is 0 Å². The van der Waals surface area contributed by atoms with Crippen LogP contribution in [0.2, 0.25) is 0 Å². The number of carbonyl (C=O) groups excluding carboxylic acids is 1. The van der Waals surface area contributed by atoms with Gasteiger partial charge in [0, 0.05) is 24.7 Å². The molecule has 35 heavy (non-hydrogen) atoms. The van der Waals surface area contributed by atoms with Gasteiger partial charge in [0.1, 0.15) is 11.5 Å². The maximum absolute atomic E-state index is 14.4. The van der Waals surface area contributed by atoms with Crippen molar-refractivity contribution in [3.8, 4) is 11.3 Å². The number of piperidine rings is 1. The molecule has 1 fully saturated rings. The van der Waals surface area contributed by atoms with E-state index in [0.717, 1.165) is 4.90 Å². The number of alkyl halides is 2. The molecule has 1 amide bonds. The topological polar surface area (TPSA) is 71.2 Å². The number of carbonyl (C=O) groups is 1. The summed E-state index contributed by atoms with van der Waals surface area (Å²) >= 11 is 0. The monoisotopic (exact) mass is 492 g/mol. The molecule has 0 spiro atoms. The molecule has 184 valence electrons. The molecule has 0 radical (unpaired) electrons. The molecule has 1 saturated heterocycles. The van der Waals surface area contributed by atoms with Crippen LogP contribution >= 0.6 is 0 Å². The highest BCUT2D eigenvalue weighted by atomic mass is 19.3. The maximum atomic E-state index is 14.4. The quantitative estimate of drug-likeness (QED) is 0.416.